The monoisotopic (exact) mass is 591 g/mol. The van der Waals surface area contributed by atoms with Crippen LogP contribution in [0.1, 0.15) is 33.1 Å². The largest absolute Gasteiger partial charge is 0.483 e. The summed E-state index contributed by atoms with van der Waals surface area (Å²) >= 11 is 0. The number of anilines is 2. The summed E-state index contributed by atoms with van der Waals surface area (Å²) in [6.07, 6.45) is 6.42. The van der Waals surface area contributed by atoms with Gasteiger partial charge in [-0.15, -0.1) is 0 Å². The summed E-state index contributed by atoms with van der Waals surface area (Å²) in [6, 6.07) is 21.1. The molecule has 2 fully saturated rings. The van der Waals surface area contributed by atoms with Crippen LogP contribution in [0.4, 0.5) is 11.5 Å². The van der Waals surface area contributed by atoms with Crippen LogP contribution < -0.4 is 20.3 Å². The lowest BCUT2D eigenvalue weighted by Gasteiger charge is -2.25. The third-order valence-corrected chi connectivity index (χ3v) is 7.93. The Morgan fingerprint density at radius 1 is 0.886 bits per heavy atom. The highest BCUT2D eigenvalue weighted by Crippen LogP contribution is 2.36. The first-order chi connectivity index (χ1) is 21.1. The lowest BCUT2D eigenvalue weighted by atomic mass is 10.1. The molecular weight excluding hydrogens is 554 g/mol. The Hall–Kier alpha value is -4.99. The van der Waals surface area contributed by atoms with Gasteiger partial charge in [-0.2, -0.15) is 5.10 Å². The maximum Gasteiger partial charge on any atom is 0.257 e. The van der Waals surface area contributed by atoms with E-state index in [1.54, 1.807) is 6.20 Å². The summed E-state index contributed by atoms with van der Waals surface area (Å²) in [5, 5.41) is 14.9. The number of benzene rings is 3. The van der Waals surface area contributed by atoms with Crippen molar-refractivity contribution in [1.29, 1.82) is 0 Å². The quantitative estimate of drug-likeness (QED) is 0.178. The van der Waals surface area contributed by atoms with Crippen LogP contribution >= 0.6 is 0 Å². The minimum Gasteiger partial charge on any atom is -0.483 e. The molecule has 10 nitrogen and oxygen atoms in total. The highest BCUT2D eigenvalue weighted by molar-refractivity contribution is 5.97. The topological polar surface area (TPSA) is 125 Å². The molecule has 2 aliphatic carbocycles. The van der Waals surface area contributed by atoms with Gasteiger partial charge in [0.2, 0.25) is 5.91 Å². The molecule has 3 aromatic carbocycles. The molecule has 0 spiro atoms. The molecule has 10 heteroatoms. The molecule has 2 amide bonds. The second-order valence-corrected chi connectivity index (χ2v) is 11.4. The molecule has 0 radical (unpaired) electrons. The van der Waals surface area contributed by atoms with Crippen molar-refractivity contribution in [3.63, 3.8) is 0 Å². The summed E-state index contributed by atoms with van der Waals surface area (Å²) in [6.45, 7) is 1.36. The van der Waals surface area contributed by atoms with Gasteiger partial charge in [0, 0.05) is 29.5 Å². The fraction of sp³-hybridized carbons (Fsp3) is 0.324. The van der Waals surface area contributed by atoms with Gasteiger partial charge in [0.1, 0.15) is 18.1 Å². The Morgan fingerprint density at radius 3 is 2.41 bits per heavy atom. The van der Waals surface area contributed by atoms with E-state index in [-0.39, 0.29) is 32.4 Å². The predicted octanol–water partition coefficient (Wildman–Crippen LogP) is 5.38. The standard InChI is InChI=1S/C33H33N7O3.CH4/c41-30(34-16-21-9-10-21)19-40(24-13-14-27-23(15-24)18-36-39-27)33-25-5-1-3-7-28(25)37-32(38-33)26-6-2-4-8-29(26)43-20-31(42)35-17-22-11-12-22;/h1-8,13-15,18,21-22H,9-12,16-17,19-20H2,(H,34,41)(H,35,42)(H,36,39);1H4. The number of nitrogens with zero attached hydrogens (tertiary/aromatic N) is 4. The number of rotatable bonds is 12. The van der Waals surface area contributed by atoms with E-state index in [2.05, 4.69) is 20.8 Å². The molecule has 5 aromatic rings. The summed E-state index contributed by atoms with van der Waals surface area (Å²) in [5.41, 5.74) is 3.10. The molecule has 226 valence electrons. The lowest BCUT2D eigenvalue weighted by molar-refractivity contribution is -0.123. The summed E-state index contributed by atoms with van der Waals surface area (Å²) < 4.78 is 5.99. The number of nitrogens with one attached hydrogen (secondary N) is 3. The lowest BCUT2D eigenvalue weighted by Crippen LogP contribution is -2.36. The van der Waals surface area contributed by atoms with Crippen molar-refractivity contribution in [3.8, 4) is 17.1 Å². The van der Waals surface area contributed by atoms with Crippen LogP contribution in [0.15, 0.2) is 72.9 Å². The van der Waals surface area contributed by atoms with Gasteiger partial charge in [0.15, 0.2) is 12.4 Å². The second-order valence-electron chi connectivity index (χ2n) is 11.4. The molecule has 0 bridgehead atoms. The van der Waals surface area contributed by atoms with E-state index in [1.807, 2.05) is 71.6 Å². The van der Waals surface area contributed by atoms with Gasteiger partial charge >= 0.3 is 0 Å². The van der Waals surface area contributed by atoms with Crippen LogP contribution in [-0.2, 0) is 9.59 Å². The number of carbonyl (C=O) groups is 2. The van der Waals surface area contributed by atoms with Crippen molar-refractivity contribution < 1.29 is 14.3 Å². The van der Waals surface area contributed by atoms with E-state index < -0.39 is 0 Å². The number of ether oxygens (including phenoxy) is 1. The van der Waals surface area contributed by atoms with Crippen molar-refractivity contribution in [2.24, 2.45) is 11.8 Å². The third-order valence-electron chi connectivity index (χ3n) is 7.93. The summed E-state index contributed by atoms with van der Waals surface area (Å²) in [7, 11) is 0. The highest BCUT2D eigenvalue weighted by Gasteiger charge is 2.25. The van der Waals surface area contributed by atoms with Gasteiger partial charge in [0.05, 0.1) is 22.8 Å². The minimum atomic E-state index is -0.153. The predicted molar refractivity (Wildman–Crippen MR) is 172 cm³/mol. The van der Waals surface area contributed by atoms with Gasteiger partial charge in [0.25, 0.3) is 5.91 Å². The number of fused-ring (bicyclic) bond motifs is 2. The van der Waals surface area contributed by atoms with Crippen LogP contribution in [0, 0.1) is 11.8 Å². The van der Waals surface area contributed by atoms with Gasteiger partial charge in [-0.1, -0.05) is 31.7 Å². The fourth-order valence-corrected chi connectivity index (χ4v) is 5.10. The van der Waals surface area contributed by atoms with Crippen molar-refractivity contribution in [2.45, 2.75) is 33.1 Å². The van der Waals surface area contributed by atoms with Crippen LogP contribution in [0.3, 0.4) is 0 Å². The zero-order chi connectivity index (χ0) is 29.2. The average Bonchev–Trinajstić information content (AvgIpc) is 3.98. The zero-order valence-corrected chi connectivity index (χ0v) is 23.8. The molecule has 2 heterocycles. The van der Waals surface area contributed by atoms with E-state index in [0.717, 1.165) is 40.3 Å². The van der Waals surface area contributed by atoms with Crippen LogP contribution in [0.2, 0.25) is 0 Å². The van der Waals surface area contributed by atoms with Crippen LogP contribution in [0.25, 0.3) is 33.2 Å². The Balaban J connectivity index is 0.00000343. The number of para-hydroxylation sites is 2. The number of H-pyrrole nitrogens is 1. The number of carbonyl (C=O) groups excluding carboxylic acids is 2. The second kappa shape index (κ2) is 12.7. The maximum atomic E-state index is 13.3. The first kappa shape index (κ1) is 29.1. The molecule has 2 aliphatic rings. The van der Waals surface area contributed by atoms with E-state index >= 15 is 0 Å². The first-order valence-corrected chi connectivity index (χ1v) is 14.8. The number of hydrogen-bond acceptors (Lipinski definition) is 7. The highest BCUT2D eigenvalue weighted by atomic mass is 16.5. The Bertz CT molecular complexity index is 1790. The van der Waals surface area contributed by atoms with E-state index in [4.69, 9.17) is 14.7 Å². The van der Waals surface area contributed by atoms with Gasteiger partial charge in [-0.3, -0.25) is 14.7 Å². The molecule has 0 saturated heterocycles. The molecule has 7 rings (SSSR count). The van der Waals surface area contributed by atoms with Crippen LogP contribution in [-0.4, -0.2) is 58.2 Å². The molecule has 44 heavy (non-hydrogen) atoms. The summed E-state index contributed by atoms with van der Waals surface area (Å²) in [4.78, 5) is 37.6. The van der Waals surface area contributed by atoms with E-state index in [0.29, 0.717) is 47.9 Å². The number of hydrogen-bond donors (Lipinski definition) is 3. The minimum absolute atomic E-state index is 0. The Morgan fingerprint density at radius 2 is 1.61 bits per heavy atom. The molecule has 0 unspecified atom stereocenters. The molecule has 3 N–H and O–H groups in total. The number of aromatic nitrogens is 4. The zero-order valence-electron chi connectivity index (χ0n) is 23.8. The SMILES string of the molecule is C.O=C(COc1ccccc1-c1nc(N(CC(=O)NCC2CC2)c2ccc3[nH]ncc3c2)c2ccccc2n1)NCC1CC1. The molecule has 2 saturated carbocycles. The van der Waals surface area contributed by atoms with Crippen molar-refractivity contribution in [2.75, 3.05) is 31.1 Å². The Kier molecular flexibility index (Phi) is 8.40. The summed E-state index contributed by atoms with van der Waals surface area (Å²) in [5.74, 6) is 2.48. The molecule has 0 aliphatic heterocycles. The van der Waals surface area contributed by atoms with Crippen LogP contribution in [0.5, 0.6) is 5.75 Å². The van der Waals surface area contributed by atoms with E-state index in [9.17, 15) is 9.59 Å². The molecule has 0 atom stereocenters. The number of aromatic amines is 1. The maximum absolute atomic E-state index is 13.3. The Labute approximate surface area is 256 Å². The van der Waals surface area contributed by atoms with E-state index in [1.165, 1.54) is 12.8 Å². The molecular formula is C34H37N7O3. The number of amides is 2. The normalized spacial score (nSPS) is 14.2. The van der Waals surface area contributed by atoms with Crippen molar-refractivity contribution in [1.82, 2.24) is 30.8 Å². The smallest absolute Gasteiger partial charge is 0.257 e. The third kappa shape index (κ3) is 6.64. The van der Waals surface area contributed by atoms with Gasteiger partial charge < -0.3 is 20.3 Å². The van der Waals surface area contributed by atoms with Crippen molar-refractivity contribution in [3.05, 3.63) is 72.9 Å². The fourth-order valence-electron chi connectivity index (χ4n) is 5.10. The van der Waals surface area contributed by atoms with Crippen molar-refractivity contribution >= 4 is 45.1 Å². The first-order valence-electron chi connectivity index (χ1n) is 14.8. The average molecular weight is 592 g/mol. The van der Waals surface area contributed by atoms with Gasteiger partial charge in [-0.25, -0.2) is 9.97 Å². The van der Waals surface area contributed by atoms with Gasteiger partial charge in [-0.05, 0) is 80.0 Å². The molecule has 2 aromatic heterocycles.